The maximum atomic E-state index is 14.4. The number of carboxylic acids is 2. The van der Waals surface area contributed by atoms with Crippen LogP contribution in [0.1, 0.15) is 108 Å². The van der Waals surface area contributed by atoms with Gasteiger partial charge in [0.2, 0.25) is 70.9 Å². The Bertz CT molecular complexity index is 3450. The highest BCUT2D eigenvalue weighted by Gasteiger charge is 2.39. The van der Waals surface area contributed by atoms with Crippen molar-refractivity contribution < 1.29 is 86.8 Å². The molecule has 0 saturated heterocycles. The van der Waals surface area contributed by atoms with Gasteiger partial charge in [0.1, 0.15) is 36.3 Å². The number of ether oxygens (including phenoxy) is 2. The quantitative estimate of drug-likeness (QED) is 0.101. The number of benzene rings is 4. The average molecular weight is 1390 g/mol. The van der Waals surface area contributed by atoms with Crippen molar-refractivity contribution >= 4 is 150 Å². The summed E-state index contributed by atoms with van der Waals surface area (Å²) in [6.45, 7) is 4.44. The van der Waals surface area contributed by atoms with E-state index in [9.17, 15) is 77.3 Å². The molecule has 4 aromatic carbocycles. The highest BCUT2D eigenvalue weighted by molar-refractivity contribution is 6.20. The van der Waals surface area contributed by atoms with Crippen molar-refractivity contribution in [3.8, 4) is 0 Å². The van der Waals surface area contributed by atoms with Crippen LogP contribution in [-0.2, 0) is 76.6 Å². The molecular weight excluding hydrogens is 1310 g/mol. The zero-order chi connectivity index (χ0) is 70.6. The van der Waals surface area contributed by atoms with E-state index in [2.05, 4.69) is 53.2 Å². The molecule has 97 heavy (non-hydrogen) atoms. The van der Waals surface area contributed by atoms with Gasteiger partial charge in [-0.05, 0) is 68.1 Å². The summed E-state index contributed by atoms with van der Waals surface area (Å²) in [5, 5.41) is 46.5. The third kappa shape index (κ3) is 20.3. The Morgan fingerprint density at radius 1 is 0.485 bits per heavy atom. The van der Waals surface area contributed by atoms with Gasteiger partial charge >= 0.3 is 11.9 Å². The number of nitrogens with one attached hydrogen (secondary N) is 10. The van der Waals surface area contributed by atoms with Gasteiger partial charge < -0.3 is 82.7 Å². The molecule has 4 bridgehead atoms. The number of hydrogen-bond donors (Lipinski definition) is 12. The van der Waals surface area contributed by atoms with Gasteiger partial charge in [0.15, 0.2) is 0 Å². The summed E-state index contributed by atoms with van der Waals surface area (Å²) in [4.78, 5) is 189. The van der Waals surface area contributed by atoms with E-state index in [4.69, 9.17) is 32.7 Å². The summed E-state index contributed by atoms with van der Waals surface area (Å²) in [7, 11) is 0. The maximum Gasteiger partial charge on any atom is 0.303 e. The normalized spacial score (nSPS) is 23.2. The first kappa shape index (κ1) is 74.9. The van der Waals surface area contributed by atoms with Gasteiger partial charge in [-0.3, -0.25) is 67.1 Å². The number of anilines is 4. The Balaban J connectivity index is 1.10. The Morgan fingerprint density at radius 3 is 1.21 bits per heavy atom. The van der Waals surface area contributed by atoms with E-state index in [1.165, 1.54) is 27.7 Å². The third-order valence-corrected chi connectivity index (χ3v) is 17.1. The van der Waals surface area contributed by atoms with Gasteiger partial charge in [-0.2, -0.15) is 0 Å². The van der Waals surface area contributed by atoms with E-state index in [1.807, 2.05) is 24.3 Å². The summed E-state index contributed by atoms with van der Waals surface area (Å²) >= 11 is 13.2. The predicted octanol–water partition coefficient (Wildman–Crippen LogP) is 1.86. The second kappa shape index (κ2) is 35.5. The fourth-order valence-electron chi connectivity index (χ4n) is 11.3. The molecule has 0 fully saturated rings. The number of rotatable bonds is 10. The lowest BCUT2D eigenvalue weighted by Gasteiger charge is -2.27. The largest absolute Gasteiger partial charge is 0.481 e. The van der Waals surface area contributed by atoms with E-state index < -0.39 is 133 Å². The van der Waals surface area contributed by atoms with E-state index in [0.29, 0.717) is 33.5 Å². The second-order valence-corrected chi connectivity index (χ2v) is 24.2. The molecule has 0 saturated carbocycles. The van der Waals surface area contributed by atoms with Crippen molar-refractivity contribution in [3.63, 3.8) is 0 Å². The number of halogens is 2. The van der Waals surface area contributed by atoms with Crippen molar-refractivity contribution in [1.29, 1.82) is 0 Å². The van der Waals surface area contributed by atoms with Gasteiger partial charge in [0.05, 0.1) is 50.6 Å². The second-order valence-electron chi connectivity index (χ2n) is 23.6. The lowest BCUT2D eigenvalue weighted by Crippen LogP contribution is -2.64. The summed E-state index contributed by atoms with van der Waals surface area (Å²) in [5.74, 6) is -11.8. The van der Waals surface area contributed by atoms with Gasteiger partial charge in [-0.25, -0.2) is 0 Å². The maximum absolute atomic E-state index is 14.4. The zero-order valence-corrected chi connectivity index (χ0v) is 55.4. The standard InChI is InChI=1S/C65H80Cl2N12O18/c1-34-60(90)72-36(3)62(92)74-44-28-46-56(42-12-7-5-10-40(42)44)38(30-66)32-78(46)52(84)14-9-15-53(85)79-33-39(31-67)57-43-13-8-6-11-41(43)45(29-47(57)79)75-63(93)37(4)73-61(91)35(2)71-51(83)21-25-97-27-23-69-65(95)59(77-49(81)17-19-55(88)89)58(76-48(80)16-18-54(86)87)64(94)68-22-26-96-24-20-50(82)70-34/h5-8,10-13,28-29,34-39,58-59H,9,14-27,30-33H2,1-4H3,(H,68,94)(H,69,95)(H,70,82)(H,71,83)(H,72,90)(H,73,91)(H,74,92)(H,75,93)(H,76,80)(H,77,81)(H,86,87)(H,88,89)/t34?,35?,36?,37?,38-,39-,58?,59?/m1/s1. The first-order valence-corrected chi connectivity index (χ1v) is 32.8. The molecule has 12 amide bonds. The molecule has 3 aliphatic rings. The zero-order valence-electron chi connectivity index (χ0n) is 53.9. The molecule has 522 valence electrons. The Kier molecular flexibility index (Phi) is 27.4. The van der Waals surface area contributed by atoms with Gasteiger partial charge in [0.25, 0.3) is 0 Å². The highest BCUT2D eigenvalue weighted by Crippen LogP contribution is 2.47. The van der Waals surface area contributed by atoms with E-state index in [1.54, 1.807) is 46.2 Å². The fraction of sp³-hybridized carbons (Fsp3) is 0.477. The van der Waals surface area contributed by atoms with Crippen LogP contribution < -0.4 is 63.0 Å². The van der Waals surface area contributed by atoms with Crippen molar-refractivity contribution in [2.24, 2.45) is 0 Å². The molecule has 32 heteroatoms. The minimum Gasteiger partial charge on any atom is -0.481 e. The van der Waals surface area contributed by atoms with Crippen LogP contribution in [0.15, 0.2) is 60.7 Å². The van der Waals surface area contributed by atoms with Crippen LogP contribution in [0, 0.1) is 0 Å². The molecule has 6 unspecified atom stereocenters. The molecule has 0 aliphatic carbocycles. The van der Waals surface area contributed by atoms with Crippen LogP contribution in [0.2, 0.25) is 0 Å². The van der Waals surface area contributed by atoms with Crippen LogP contribution in [-0.4, -0.2) is 194 Å². The van der Waals surface area contributed by atoms with Gasteiger partial charge in [0, 0.05) is 110 Å². The van der Waals surface area contributed by atoms with Crippen LogP contribution in [0.3, 0.4) is 0 Å². The summed E-state index contributed by atoms with van der Waals surface area (Å²) in [5.41, 5.74) is 3.25. The summed E-state index contributed by atoms with van der Waals surface area (Å²) in [6, 6.07) is 9.36. The first-order valence-electron chi connectivity index (χ1n) is 31.7. The average Bonchev–Trinajstić information content (AvgIpc) is 1.65. The van der Waals surface area contributed by atoms with Crippen molar-refractivity contribution in [2.45, 2.75) is 134 Å². The molecule has 0 aromatic heterocycles. The number of alkyl halides is 2. The number of carbonyl (C=O) groups excluding carboxylic acids is 12. The van der Waals surface area contributed by atoms with Gasteiger partial charge in [-0.1, -0.05) is 48.5 Å². The van der Waals surface area contributed by atoms with E-state index in [0.717, 1.165) is 21.9 Å². The van der Waals surface area contributed by atoms with Crippen LogP contribution >= 0.6 is 23.2 Å². The van der Waals surface area contributed by atoms with E-state index in [-0.39, 0.29) is 120 Å². The molecule has 8 atom stereocenters. The smallest absolute Gasteiger partial charge is 0.303 e. The number of hydrogen-bond acceptors (Lipinski definition) is 16. The fourth-order valence-corrected chi connectivity index (χ4v) is 11.8. The predicted molar refractivity (Wildman–Crippen MR) is 356 cm³/mol. The summed E-state index contributed by atoms with van der Waals surface area (Å²) < 4.78 is 11.0. The van der Waals surface area contributed by atoms with Gasteiger partial charge in [-0.15, -0.1) is 23.2 Å². The molecule has 4 aromatic rings. The number of aliphatic carboxylic acids is 2. The molecule has 3 heterocycles. The minimum atomic E-state index is -1.94. The van der Waals surface area contributed by atoms with E-state index >= 15 is 0 Å². The first-order chi connectivity index (χ1) is 46.3. The molecular formula is C65H80Cl2N12O18. The number of carbonyl (C=O) groups is 14. The third-order valence-electron chi connectivity index (χ3n) is 16.4. The molecule has 0 spiro atoms. The van der Waals surface area contributed by atoms with Crippen molar-refractivity contribution in [2.75, 3.05) is 84.8 Å². The Morgan fingerprint density at radius 2 is 0.845 bits per heavy atom. The lowest BCUT2D eigenvalue weighted by molar-refractivity contribution is -0.140. The summed E-state index contributed by atoms with van der Waals surface area (Å²) in [6.07, 6.45) is -3.23. The molecule has 12 N–H and O–H groups in total. The topological polar surface area (TPSA) is 425 Å². The molecule has 30 nitrogen and oxygen atoms in total. The van der Waals surface area contributed by atoms with Crippen molar-refractivity contribution in [3.05, 3.63) is 71.8 Å². The molecule has 3 aliphatic heterocycles. The molecule has 7 rings (SSSR count). The van der Waals surface area contributed by atoms with Crippen LogP contribution in [0.4, 0.5) is 22.7 Å². The van der Waals surface area contributed by atoms with Crippen LogP contribution in [0.25, 0.3) is 21.5 Å². The molecule has 0 radical (unpaired) electrons. The Hall–Kier alpha value is -9.52. The lowest BCUT2D eigenvalue weighted by atomic mass is 9.95. The number of nitrogens with zero attached hydrogens (tertiary/aromatic N) is 2. The number of fused-ring (bicyclic) bond motifs is 8. The highest BCUT2D eigenvalue weighted by atomic mass is 35.5. The number of amides is 12. The number of carboxylic acid groups (broad SMARTS) is 2. The monoisotopic (exact) mass is 1390 g/mol. The Labute approximate surface area is 567 Å². The van der Waals surface area contributed by atoms with Crippen LogP contribution in [0.5, 0.6) is 0 Å². The SMILES string of the molecule is CC1NC(=O)CCOCCNC(=O)C(NC(=O)CCC(=O)O)C(NC(=O)CCC(=O)O)C(=O)NCCOCCC(=O)NC(C)C(=O)NC(C)C(=O)Nc2cc3c(c4ccccc24)[C@H](CCl)CN3C(=O)CCCC(=O)N2C[C@@H](CCl)c3c2cc(c2ccccc32)NC(=O)C(C)NC1=O. The minimum absolute atomic E-state index is 0.0454. The van der Waals surface area contributed by atoms with Crippen molar-refractivity contribution in [1.82, 2.24) is 42.5 Å².